The SMILES string of the molecule is Cc1ccc(N2NC(C(=O)Nc3cccc(S(=O)(=O)C4CCCC4)c3)=NCC2=O)cc1. The average Bonchev–Trinajstić information content (AvgIpc) is 3.31. The van der Waals surface area contributed by atoms with E-state index >= 15 is 0 Å². The predicted octanol–water partition coefficient (Wildman–Crippen LogP) is 2.60. The molecule has 0 spiro atoms. The van der Waals surface area contributed by atoms with Crippen molar-refractivity contribution in [2.75, 3.05) is 16.9 Å². The molecule has 0 radical (unpaired) electrons. The van der Waals surface area contributed by atoms with Crippen LogP contribution in [-0.4, -0.2) is 37.9 Å². The van der Waals surface area contributed by atoms with E-state index in [0.717, 1.165) is 18.4 Å². The van der Waals surface area contributed by atoms with Gasteiger partial charge in [-0.15, -0.1) is 0 Å². The van der Waals surface area contributed by atoms with Gasteiger partial charge < -0.3 is 5.32 Å². The molecule has 1 aliphatic carbocycles. The Kier molecular flexibility index (Phi) is 5.77. The number of hydrazine groups is 1. The molecule has 0 bridgehead atoms. The summed E-state index contributed by atoms with van der Waals surface area (Å²) in [5.74, 6) is -0.866. The van der Waals surface area contributed by atoms with E-state index in [1.165, 1.54) is 11.1 Å². The molecule has 31 heavy (non-hydrogen) atoms. The maximum Gasteiger partial charge on any atom is 0.292 e. The molecule has 2 aromatic rings. The third-order valence-electron chi connectivity index (χ3n) is 5.51. The topological polar surface area (TPSA) is 108 Å². The minimum Gasteiger partial charge on any atom is -0.319 e. The quantitative estimate of drug-likeness (QED) is 0.743. The first-order valence-corrected chi connectivity index (χ1v) is 11.8. The number of benzene rings is 2. The van der Waals surface area contributed by atoms with Gasteiger partial charge in [0.05, 0.1) is 15.8 Å². The summed E-state index contributed by atoms with van der Waals surface area (Å²) in [5, 5.41) is 3.59. The molecule has 1 fully saturated rings. The number of carbonyl (C=O) groups is 2. The van der Waals surface area contributed by atoms with Crippen molar-refractivity contribution in [2.45, 2.75) is 42.8 Å². The number of anilines is 2. The van der Waals surface area contributed by atoms with E-state index in [9.17, 15) is 18.0 Å². The van der Waals surface area contributed by atoms with E-state index in [4.69, 9.17) is 0 Å². The minimum absolute atomic E-state index is 0.0239. The van der Waals surface area contributed by atoms with E-state index < -0.39 is 15.7 Å². The Morgan fingerprint density at radius 3 is 2.55 bits per heavy atom. The Morgan fingerprint density at radius 2 is 1.84 bits per heavy atom. The smallest absolute Gasteiger partial charge is 0.292 e. The molecule has 8 nitrogen and oxygen atoms in total. The summed E-state index contributed by atoms with van der Waals surface area (Å²) >= 11 is 0. The molecular formula is C22H24N4O4S. The molecule has 4 rings (SSSR count). The Labute approximate surface area is 181 Å². The summed E-state index contributed by atoms with van der Waals surface area (Å²) in [4.78, 5) is 29.2. The molecule has 0 atom stereocenters. The van der Waals surface area contributed by atoms with E-state index in [0.29, 0.717) is 24.2 Å². The van der Waals surface area contributed by atoms with Gasteiger partial charge in [-0.25, -0.2) is 13.4 Å². The van der Waals surface area contributed by atoms with Gasteiger partial charge in [-0.2, -0.15) is 0 Å². The number of rotatable bonds is 5. The molecule has 2 N–H and O–H groups in total. The van der Waals surface area contributed by atoms with Gasteiger partial charge in [0.2, 0.25) is 5.84 Å². The zero-order valence-electron chi connectivity index (χ0n) is 17.2. The highest BCUT2D eigenvalue weighted by atomic mass is 32.2. The maximum atomic E-state index is 12.8. The molecule has 0 aromatic heterocycles. The van der Waals surface area contributed by atoms with Crippen LogP contribution in [0.25, 0.3) is 0 Å². The number of amidine groups is 1. The fourth-order valence-corrected chi connectivity index (χ4v) is 5.68. The molecule has 2 aliphatic rings. The number of aliphatic imine (C=N–C) groups is 1. The van der Waals surface area contributed by atoms with E-state index in [1.54, 1.807) is 30.3 Å². The highest BCUT2D eigenvalue weighted by Gasteiger charge is 2.31. The van der Waals surface area contributed by atoms with Gasteiger partial charge in [0.1, 0.15) is 6.54 Å². The number of nitrogens with one attached hydrogen (secondary N) is 2. The van der Waals surface area contributed by atoms with Crippen molar-refractivity contribution >= 4 is 38.9 Å². The highest BCUT2D eigenvalue weighted by molar-refractivity contribution is 7.92. The van der Waals surface area contributed by atoms with Gasteiger partial charge in [0.15, 0.2) is 9.84 Å². The molecule has 2 amide bonds. The van der Waals surface area contributed by atoms with Crippen LogP contribution in [-0.2, 0) is 19.4 Å². The minimum atomic E-state index is -3.43. The average molecular weight is 441 g/mol. The van der Waals surface area contributed by atoms with Crippen LogP contribution in [0.15, 0.2) is 58.4 Å². The maximum absolute atomic E-state index is 12.8. The summed E-state index contributed by atoms with van der Waals surface area (Å²) in [6.45, 7) is 1.77. The van der Waals surface area contributed by atoms with Gasteiger partial charge in [0.25, 0.3) is 11.8 Å². The second-order valence-electron chi connectivity index (χ2n) is 7.77. The number of sulfone groups is 1. The van der Waals surface area contributed by atoms with Crippen molar-refractivity contribution in [3.8, 4) is 0 Å². The second-order valence-corrected chi connectivity index (χ2v) is 10.0. The number of hydrogen-bond donors (Lipinski definition) is 2. The summed E-state index contributed by atoms with van der Waals surface area (Å²) in [6, 6.07) is 13.5. The standard InChI is InChI=1S/C22H24N4O4S/c1-15-9-11-17(12-10-15)26-20(27)14-23-21(25-26)22(28)24-16-5-4-8-19(13-16)31(29,30)18-6-2-3-7-18/h4-5,8-13,18H,2-3,6-7,14H2,1H3,(H,23,25)(H,24,28). The Hall–Kier alpha value is -3.20. The van der Waals surface area contributed by atoms with Crippen molar-refractivity contribution in [1.29, 1.82) is 0 Å². The molecule has 1 heterocycles. The van der Waals surface area contributed by atoms with E-state index in [1.807, 2.05) is 19.1 Å². The zero-order chi connectivity index (χ0) is 22.0. The number of nitrogens with zero attached hydrogens (tertiary/aromatic N) is 2. The molecular weight excluding hydrogens is 416 g/mol. The van der Waals surface area contributed by atoms with Gasteiger partial charge in [-0.3, -0.25) is 20.0 Å². The third-order valence-corrected chi connectivity index (χ3v) is 7.77. The molecule has 1 saturated carbocycles. The van der Waals surface area contributed by atoms with Crippen LogP contribution in [0.4, 0.5) is 11.4 Å². The molecule has 1 aliphatic heterocycles. The Bertz CT molecular complexity index is 1140. The normalized spacial score (nSPS) is 17.3. The van der Waals surface area contributed by atoms with Crippen LogP contribution in [0.5, 0.6) is 0 Å². The second kappa shape index (κ2) is 8.50. The summed E-state index contributed by atoms with van der Waals surface area (Å²) in [5.41, 5.74) is 4.75. The third kappa shape index (κ3) is 4.46. The predicted molar refractivity (Wildman–Crippen MR) is 119 cm³/mol. The van der Waals surface area contributed by atoms with Crippen LogP contribution in [0, 0.1) is 6.92 Å². The lowest BCUT2D eigenvalue weighted by Gasteiger charge is -2.27. The fourth-order valence-electron chi connectivity index (χ4n) is 3.78. The van der Waals surface area contributed by atoms with Crippen LogP contribution in [0.1, 0.15) is 31.2 Å². The van der Waals surface area contributed by atoms with Crippen molar-refractivity contribution in [1.82, 2.24) is 5.43 Å². The molecule has 0 saturated heterocycles. The van der Waals surface area contributed by atoms with E-state index in [2.05, 4.69) is 15.7 Å². The first kappa shape index (κ1) is 21.0. The van der Waals surface area contributed by atoms with Crippen LogP contribution < -0.4 is 15.8 Å². The Morgan fingerprint density at radius 1 is 1.13 bits per heavy atom. The van der Waals surface area contributed by atoms with E-state index in [-0.39, 0.29) is 28.4 Å². The van der Waals surface area contributed by atoms with Crippen LogP contribution in [0.2, 0.25) is 0 Å². The zero-order valence-corrected chi connectivity index (χ0v) is 18.0. The van der Waals surface area contributed by atoms with Crippen molar-refractivity contribution in [2.24, 2.45) is 4.99 Å². The highest BCUT2D eigenvalue weighted by Crippen LogP contribution is 2.30. The molecule has 162 valence electrons. The number of aryl methyl sites for hydroxylation is 1. The monoisotopic (exact) mass is 440 g/mol. The first-order valence-electron chi connectivity index (χ1n) is 10.2. The van der Waals surface area contributed by atoms with Gasteiger partial charge >= 0.3 is 0 Å². The largest absolute Gasteiger partial charge is 0.319 e. The Balaban J connectivity index is 1.49. The van der Waals surface area contributed by atoms with Crippen LogP contribution >= 0.6 is 0 Å². The van der Waals surface area contributed by atoms with Crippen molar-refractivity contribution in [3.05, 3.63) is 54.1 Å². The lowest BCUT2D eigenvalue weighted by atomic mass is 10.2. The number of carbonyl (C=O) groups excluding carboxylic acids is 2. The molecule has 9 heteroatoms. The van der Waals surface area contributed by atoms with Gasteiger partial charge in [-0.05, 0) is 50.1 Å². The van der Waals surface area contributed by atoms with Gasteiger partial charge in [0, 0.05) is 5.69 Å². The first-order chi connectivity index (χ1) is 14.8. The van der Waals surface area contributed by atoms with Gasteiger partial charge in [-0.1, -0.05) is 36.6 Å². The van der Waals surface area contributed by atoms with Crippen molar-refractivity contribution < 1.29 is 18.0 Å². The number of amides is 2. The molecule has 0 unspecified atom stereocenters. The lowest BCUT2D eigenvalue weighted by molar-refractivity contribution is -0.118. The summed E-state index contributed by atoms with van der Waals surface area (Å²) in [6.07, 6.45) is 3.18. The molecule has 2 aromatic carbocycles. The van der Waals surface area contributed by atoms with Crippen LogP contribution in [0.3, 0.4) is 0 Å². The lowest BCUT2D eigenvalue weighted by Crippen LogP contribution is -2.54. The number of hydrogen-bond acceptors (Lipinski definition) is 6. The summed E-state index contributed by atoms with van der Waals surface area (Å²) < 4.78 is 25.7. The van der Waals surface area contributed by atoms with Crippen molar-refractivity contribution in [3.63, 3.8) is 0 Å². The summed E-state index contributed by atoms with van der Waals surface area (Å²) in [7, 11) is -3.43. The fraction of sp³-hybridized carbons (Fsp3) is 0.318.